The van der Waals surface area contributed by atoms with Gasteiger partial charge in [-0.3, -0.25) is 9.59 Å². The quantitative estimate of drug-likeness (QED) is 0.940. The monoisotopic (exact) mass is 314 g/mol. The lowest BCUT2D eigenvalue weighted by molar-refractivity contribution is -0.114. The van der Waals surface area contributed by atoms with Gasteiger partial charge in [0.1, 0.15) is 5.82 Å². The molecule has 0 atom stereocenters. The van der Waals surface area contributed by atoms with Crippen LogP contribution < -0.4 is 5.32 Å². The number of amides is 2. The molecule has 0 aliphatic heterocycles. The number of nitrogens with one attached hydrogen (secondary N) is 1. The molecule has 23 heavy (non-hydrogen) atoms. The molecule has 5 heteroatoms. The van der Waals surface area contributed by atoms with E-state index in [1.165, 1.54) is 24.0 Å². The maximum atomic E-state index is 13.2. The van der Waals surface area contributed by atoms with Crippen molar-refractivity contribution in [2.24, 2.45) is 0 Å². The van der Waals surface area contributed by atoms with Gasteiger partial charge in [0.25, 0.3) is 5.91 Å². The van der Waals surface area contributed by atoms with Crippen molar-refractivity contribution in [3.05, 3.63) is 65.0 Å². The van der Waals surface area contributed by atoms with Gasteiger partial charge in [0.2, 0.25) is 5.91 Å². The number of rotatable bonds is 4. The summed E-state index contributed by atoms with van der Waals surface area (Å²) in [4.78, 5) is 25.2. The minimum atomic E-state index is -0.327. The minimum absolute atomic E-state index is 0.189. The molecule has 1 N–H and O–H groups in total. The molecule has 0 heterocycles. The molecule has 0 aliphatic carbocycles. The number of hydrogen-bond donors (Lipinski definition) is 1. The number of benzene rings is 2. The summed E-state index contributed by atoms with van der Waals surface area (Å²) >= 11 is 0. The summed E-state index contributed by atoms with van der Waals surface area (Å²) in [6.45, 7) is 3.58. The number of carbonyl (C=O) groups is 2. The van der Waals surface area contributed by atoms with Gasteiger partial charge in [0.05, 0.1) is 0 Å². The molecule has 0 saturated carbocycles. The van der Waals surface area contributed by atoms with Crippen molar-refractivity contribution in [3.8, 4) is 0 Å². The topological polar surface area (TPSA) is 49.4 Å². The number of carbonyl (C=O) groups excluding carboxylic acids is 2. The Morgan fingerprint density at radius 2 is 1.91 bits per heavy atom. The van der Waals surface area contributed by atoms with Crippen LogP contribution in [-0.2, 0) is 11.3 Å². The molecule has 2 amide bonds. The van der Waals surface area contributed by atoms with E-state index in [9.17, 15) is 14.0 Å². The van der Waals surface area contributed by atoms with Crippen LogP contribution in [-0.4, -0.2) is 23.8 Å². The van der Waals surface area contributed by atoms with Crippen LogP contribution in [0.1, 0.15) is 28.4 Å². The molecular weight excluding hydrogens is 295 g/mol. The maximum absolute atomic E-state index is 13.2. The van der Waals surface area contributed by atoms with E-state index in [0.29, 0.717) is 17.8 Å². The first-order valence-corrected chi connectivity index (χ1v) is 7.25. The fourth-order valence-electron chi connectivity index (χ4n) is 2.28. The standard InChI is InChI=1S/C18H19FN2O2/c1-12-7-8-15(10-17(12)20-13(2)22)18(23)21(3)11-14-5-4-6-16(19)9-14/h4-10H,11H2,1-3H3,(H,20,22). The molecule has 0 saturated heterocycles. The van der Waals surface area contributed by atoms with Crippen LogP contribution in [0.15, 0.2) is 42.5 Å². The molecule has 120 valence electrons. The zero-order valence-electron chi connectivity index (χ0n) is 13.4. The van der Waals surface area contributed by atoms with Crippen molar-refractivity contribution in [1.29, 1.82) is 0 Å². The van der Waals surface area contributed by atoms with E-state index < -0.39 is 0 Å². The zero-order chi connectivity index (χ0) is 17.0. The van der Waals surface area contributed by atoms with E-state index in [-0.39, 0.29) is 17.6 Å². The first kappa shape index (κ1) is 16.7. The highest BCUT2D eigenvalue weighted by Crippen LogP contribution is 2.18. The Kier molecular flexibility index (Phi) is 5.11. The Morgan fingerprint density at radius 1 is 1.17 bits per heavy atom. The summed E-state index contributed by atoms with van der Waals surface area (Å²) in [5.74, 6) is -0.710. The number of hydrogen-bond acceptors (Lipinski definition) is 2. The molecule has 2 aromatic carbocycles. The van der Waals surface area contributed by atoms with Crippen LogP contribution in [0.5, 0.6) is 0 Å². The molecule has 0 aromatic heterocycles. The van der Waals surface area contributed by atoms with Crippen LogP contribution in [0.3, 0.4) is 0 Å². The first-order chi connectivity index (χ1) is 10.9. The molecule has 2 rings (SSSR count). The van der Waals surface area contributed by atoms with Gasteiger partial charge in [-0.2, -0.15) is 0 Å². The van der Waals surface area contributed by atoms with Crippen molar-refractivity contribution >= 4 is 17.5 Å². The van der Waals surface area contributed by atoms with Gasteiger partial charge in [-0.15, -0.1) is 0 Å². The molecule has 2 aromatic rings. The molecule has 0 fully saturated rings. The van der Waals surface area contributed by atoms with Crippen molar-refractivity contribution in [2.45, 2.75) is 20.4 Å². The van der Waals surface area contributed by atoms with Gasteiger partial charge in [-0.05, 0) is 42.3 Å². The summed E-state index contributed by atoms with van der Waals surface area (Å²) in [5.41, 5.74) is 2.68. The Hall–Kier alpha value is -2.69. The Labute approximate surface area is 134 Å². The number of aryl methyl sites for hydroxylation is 1. The highest BCUT2D eigenvalue weighted by molar-refractivity contribution is 5.97. The fraction of sp³-hybridized carbons (Fsp3) is 0.222. The average molecular weight is 314 g/mol. The van der Waals surface area contributed by atoms with E-state index in [4.69, 9.17) is 0 Å². The van der Waals surface area contributed by atoms with Crippen LogP contribution >= 0.6 is 0 Å². The second-order valence-electron chi connectivity index (χ2n) is 5.50. The lowest BCUT2D eigenvalue weighted by Crippen LogP contribution is -2.26. The highest BCUT2D eigenvalue weighted by atomic mass is 19.1. The smallest absolute Gasteiger partial charge is 0.253 e. The van der Waals surface area contributed by atoms with E-state index in [0.717, 1.165) is 11.1 Å². The summed E-state index contributed by atoms with van der Waals surface area (Å²) in [6.07, 6.45) is 0. The van der Waals surface area contributed by atoms with Crippen LogP contribution in [0.4, 0.5) is 10.1 Å². The SMILES string of the molecule is CC(=O)Nc1cc(C(=O)N(C)Cc2cccc(F)c2)ccc1C. The molecule has 0 unspecified atom stereocenters. The maximum Gasteiger partial charge on any atom is 0.253 e. The lowest BCUT2D eigenvalue weighted by atomic mass is 10.1. The van der Waals surface area contributed by atoms with E-state index in [1.807, 2.05) is 6.92 Å². The third-order valence-corrected chi connectivity index (χ3v) is 3.45. The van der Waals surface area contributed by atoms with Crippen LogP contribution in [0.25, 0.3) is 0 Å². The third-order valence-electron chi connectivity index (χ3n) is 3.45. The second-order valence-corrected chi connectivity index (χ2v) is 5.50. The van der Waals surface area contributed by atoms with E-state index in [2.05, 4.69) is 5.32 Å². The van der Waals surface area contributed by atoms with Crippen LogP contribution in [0.2, 0.25) is 0 Å². The predicted octanol–water partition coefficient (Wildman–Crippen LogP) is 3.36. The average Bonchev–Trinajstić information content (AvgIpc) is 2.48. The molecular formula is C18H19FN2O2. The van der Waals surface area contributed by atoms with Gasteiger partial charge in [0, 0.05) is 31.8 Å². The van der Waals surface area contributed by atoms with E-state index in [1.54, 1.807) is 37.4 Å². The van der Waals surface area contributed by atoms with Crippen molar-refractivity contribution < 1.29 is 14.0 Å². The van der Waals surface area contributed by atoms with Crippen LogP contribution in [0, 0.1) is 12.7 Å². The van der Waals surface area contributed by atoms with Gasteiger partial charge in [0.15, 0.2) is 0 Å². The largest absolute Gasteiger partial charge is 0.337 e. The summed E-state index contributed by atoms with van der Waals surface area (Å²) in [5, 5.41) is 2.71. The third kappa shape index (κ3) is 4.39. The number of nitrogens with zero attached hydrogens (tertiary/aromatic N) is 1. The van der Waals surface area contributed by atoms with Gasteiger partial charge >= 0.3 is 0 Å². The summed E-state index contributed by atoms with van der Waals surface area (Å²) in [6, 6.07) is 11.3. The fourth-order valence-corrected chi connectivity index (χ4v) is 2.28. The lowest BCUT2D eigenvalue weighted by Gasteiger charge is -2.18. The van der Waals surface area contributed by atoms with Gasteiger partial charge in [-0.1, -0.05) is 18.2 Å². The highest BCUT2D eigenvalue weighted by Gasteiger charge is 2.14. The molecule has 0 spiro atoms. The molecule has 0 aliphatic rings. The van der Waals surface area contributed by atoms with Gasteiger partial charge in [-0.25, -0.2) is 4.39 Å². The van der Waals surface area contributed by atoms with Crippen molar-refractivity contribution in [3.63, 3.8) is 0 Å². The predicted molar refractivity (Wildman–Crippen MR) is 87.7 cm³/mol. The Morgan fingerprint density at radius 3 is 2.57 bits per heavy atom. The number of halogens is 1. The molecule has 4 nitrogen and oxygen atoms in total. The zero-order valence-corrected chi connectivity index (χ0v) is 13.4. The van der Waals surface area contributed by atoms with Crippen molar-refractivity contribution in [2.75, 3.05) is 12.4 Å². The molecule has 0 radical (unpaired) electrons. The van der Waals surface area contributed by atoms with Gasteiger partial charge < -0.3 is 10.2 Å². The first-order valence-electron chi connectivity index (χ1n) is 7.25. The Bertz CT molecular complexity index is 744. The minimum Gasteiger partial charge on any atom is -0.337 e. The number of anilines is 1. The van der Waals surface area contributed by atoms with Crippen molar-refractivity contribution in [1.82, 2.24) is 4.90 Å². The molecule has 0 bridgehead atoms. The summed E-state index contributed by atoms with van der Waals surface area (Å²) < 4.78 is 13.2. The Balaban J connectivity index is 2.17. The van der Waals surface area contributed by atoms with E-state index >= 15 is 0 Å². The second kappa shape index (κ2) is 7.05. The normalized spacial score (nSPS) is 10.3. The summed E-state index contributed by atoms with van der Waals surface area (Å²) in [7, 11) is 1.66.